The molecule has 0 atom stereocenters. The summed E-state index contributed by atoms with van der Waals surface area (Å²) in [7, 11) is -0.724. The summed E-state index contributed by atoms with van der Waals surface area (Å²) in [6.45, 7) is 7.51. The van der Waals surface area contributed by atoms with E-state index in [2.05, 4.69) is 19.6 Å². The molecule has 0 aliphatic heterocycles. The first-order chi connectivity index (χ1) is 7.91. The molecule has 0 unspecified atom stereocenters. The maximum absolute atomic E-state index is 10.2. The SMILES string of the molecule is C[Si](C)(C)C1CCCC1.O=C(O)C1CCCC1. The Morgan fingerprint density at radius 2 is 1.35 bits per heavy atom. The summed E-state index contributed by atoms with van der Waals surface area (Å²) in [6.07, 6.45) is 10.1. The van der Waals surface area contributed by atoms with Crippen molar-refractivity contribution in [3.63, 3.8) is 0 Å². The third kappa shape index (κ3) is 5.24. The lowest BCUT2D eigenvalue weighted by Gasteiger charge is -2.23. The molecule has 0 radical (unpaired) electrons. The fraction of sp³-hybridized carbons (Fsp3) is 0.929. The molecular formula is C14H28O2Si. The normalized spacial score (nSPS) is 22.3. The van der Waals surface area contributed by atoms with Crippen LogP contribution in [-0.2, 0) is 4.79 Å². The van der Waals surface area contributed by atoms with Gasteiger partial charge in [0.15, 0.2) is 0 Å². The molecule has 1 N–H and O–H groups in total. The van der Waals surface area contributed by atoms with Gasteiger partial charge in [-0.1, -0.05) is 58.2 Å². The highest BCUT2D eigenvalue weighted by Gasteiger charge is 2.28. The molecule has 0 aromatic heterocycles. The van der Waals surface area contributed by atoms with E-state index in [-0.39, 0.29) is 5.92 Å². The van der Waals surface area contributed by atoms with Crippen molar-refractivity contribution in [3.05, 3.63) is 0 Å². The largest absolute Gasteiger partial charge is 0.481 e. The Hall–Kier alpha value is -0.313. The van der Waals surface area contributed by atoms with E-state index in [1.165, 1.54) is 25.7 Å². The lowest BCUT2D eigenvalue weighted by molar-refractivity contribution is -0.141. The monoisotopic (exact) mass is 256 g/mol. The second-order valence-electron chi connectivity index (χ2n) is 6.67. The van der Waals surface area contributed by atoms with Crippen molar-refractivity contribution in [3.8, 4) is 0 Å². The lowest BCUT2D eigenvalue weighted by atomic mass is 10.1. The minimum absolute atomic E-state index is 0.0185. The summed E-state index contributed by atoms with van der Waals surface area (Å²) in [4.78, 5) is 10.2. The molecule has 2 rings (SSSR count). The Morgan fingerprint density at radius 3 is 1.59 bits per heavy atom. The maximum Gasteiger partial charge on any atom is 0.306 e. The minimum Gasteiger partial charge on any atom is -0.481 e. The first-order valence-corrected chi connectivity index (χ1v) is 10.7. The highest BCUT2D eigenvalue weighted by atomic mass is 28.3. The van der Waals surface area contributed by atoms with Crippen LogP contribution in [0, 0.1) is 5.92 Å². The summed E-state index contributed by atoms with van der Waals surface area (Å²) in [5, 5.41) is 8.41. The van der Waals surface area contributed by atoms with Gasteiger partial charge in [-0.3, -0.25) is 4.79 Å². The van der Waals surface area contributed by atoms with Crippen molar-refractivity contribution >= 4 is 14.0 Å². The molecule has 100 valence electrons. The Balaban J connectivity index is 0.000000171. The molecule has 2 nitrogen and oxygen atoms in total. The zero-order valence-electron chi connectivity index (χ0n) is 11.7. The standard InChI is InChI=1S/C8H18Si.C6H10O2/c1-9(2,3)8-6-4-5-7-8;7-6(8)5-3-1-2-4-5/h8H,4-7H2,1-3H3;5H,1-4H2,(H,7,8). The van der Waals surface area contributed by atoms with Crippen molar-refractivity contribution in [1.29, 1.82) is 0 Å². The van der Waals surface area contributed by atoms with Crippen LogP contribution in [0.3, 0.4) is 0 Å². The number of carbonyl (C=O) groups is 1. The van der Waals surface area contributed by atoms with Gasteiger partial charge in [-0.25, -0.2) is 0 Å². The highest BCUT2D eigenvalue weighted by Crippen LogP contribution is 2.37. The Labute approximate surface area is 107 Å². The van der Waals surface area contributed by atoms with E-state index < -0.39 is 14.0 Å². The highest BCUT2D eigenvalue weighted by molar-refractivity contribution is 6.77. The average molecular weight is 256 g/mol. The molecule has 17 heavy (non-hydrogen) atoms. The Morgan fingerprint density at radius 1 is 0.941 bits per heavy atom. The predicted octanol–water partition coefficient (Wildman–Crippen LogP) is 4.53. The number of rotatable bonds is 2. The smallest absolute Gasteiger partial charge is 0.306 e. The number of aliphatic carboxylic acids is 1. The number of carboxylic acids is 1. The molecule has 0 spiro atoms. The van der Waals surface area contributed by atoms with Crippen molar-refractivity contribution in [1.82, 2.24) is 0 Å². The Bertz CT molecular complexity index is 233. The topological polar surface area (TPSA) is 37.3 Å². The molecular weight excluding hydrogens is 228 g/mol. The summed E-state index contributed by atoms with van der Waals surface area (Å²) in [5.41, 5.74) is 1.15. The quantitative estimate of drug-likeness (QED) is 0.737. The first-order valence-electron chi connectivity index (χ1n) is 7.14. The molecule has 0 aromatic rings. The van der Waals surface area contributed by atoms with Gasteiger partial charge in [-0.15, -0.1) is 0 Å². The van der Waals surface area contributed by atoms with Crippen LogP contribution in [0.1, 0.15) is 51.4 Å². The van der Waals surface area contributed by atoms with Crippen LogP contribution in [0.15, 0.2) is 0 Å². The van der Waals surface area contributed by atoms with E-state index in [1.54, 1.807) is 0 Å². The predicted molar refractivity (Wildman–Crippen MR) is 75.2 cm³/mol. The molecule has 0 bridgehead atoms. The fourth-order valence-electron chi connectivity index (χ4n) is 2.96. The van der Waals surface area contributed by atoms with Gasteiger partial charge >= 0.3 is 5.97 Å². The summed E-state index contributed by atoms with van der Waals surface area (Å²) < 4.78 is 0. The second-order valence-corrected chi connectivity index (χ2v) is 12.2. The van der Waals surface area contributed by atoms with Gasteiger partial charge in [0.2, 0.25) is 0 Å². The van der Waals surface area contributed by atoms with Gasteiger partial charge < -0.3 is 5.11 Å². The Kier molecular flexibility index (Phi) is 5.70. The summed E-state index contributed by atoms with van der Waals surface area (Å²) in [6, 6.07) is 0. The van der Waals surface area contributed by atoms with Gasteiger partial charge in [0.25, 0.3) is 0 Å². The lowest BCUT2D eigenvalue weighted by Crippen LogP contribution is -2.25. The first kappa shape index (κ1) is 14.7. The van der Waals surface area contributed by atoms with Crippen molar-refractivity contribution in [2.45, 2.75) is 76.5 Å². The zero-order valence-corrected chi connectivity index (χ0v) is 12.7. The zero-order chi connectivity index (χ0) is 12.9. The maximum atomic E-state index is 10.2. The minimum atomic E-state index is -0.724. The van der Waals surface area contributed by atoms with E-state index in [1.807, 2.05) is 0 Å². The van der Waals surface area contributed by atoms with Gasteiger partial charge in [0, 0.05) is 8.07 Å². The van der Waals surface area contributed by atoms with E-state index in [9.17, 15) is 4.79 Å². The van der Waals surface area contributed by atoms with Gasteiger partial charge in [0.05, 0.1) is 5.92 Å². The van der Waals surface area contributed by atoms with Crippen molar-refractivity contribution in [2.75, 3.05) is 0 Å². The van der Waals surface area contributed by atoms with Gasteiger partial charge in [-0.05, 0) is 18.4 Å². The summed E-state index contributed by atoms with van der Waals surface area (Å²) >= 11 is 0. The number of hydrogen-bond donors (Lipinski definition) is 1. The van der Waals surface area contributed by atoms with E-state index >= 15 is 0 Å². The fourth-order valence-corrected chi connectivity index (χ4v) is 5.10. The average Bonchev–Trinajstić information content (AvgIpc) is 2.92. The third-order valence-corrected chi connectivity index (χ3v) is 7.31. The van der Waals surface area contributed by atoms with Crippen LogP contribution in [0.5, 0.6) is 0 Å². The number of hydrogen-bond acceptors (Lipinski definition) is 1. The summed E-state index contributed by atoms with van der Waals surface area (Å²) in [5.74, 6) is -0.627. The van der Waals surface area contributed by atoms with Crippen LogP contribution < -0.4 is 0 Å². The van der Waals surface area contributed by atoms with Crippen molar-refractivity contribution < 1.29 is 9.90 Å². The molecule has 3 heteroatoms. The van der Waals surface area contributed by atoms with Crippen LogP contribution >= 0.6 is 0 Å². The van der Waals surface area contributed by atoms with Crippen LogP contribution in [0.25, 0.3) is 0 Å². The molecule has 0 heterocycles. The number of carboxylic acid groups (broad SMARTS) is 1. The van der Waals surface area contributed by atoms with Crippen LogP contribution in [-0.4, -0.2) is 19.1 Å². The third-order valence-electron chi connectivity index (χ3n) is 4.28. The molecule has 2 saturated carbocycles. The molecule has 2 aliphatic carbocycles. The van der Waals surface area contributed by atoms with Crippen LogP contribution in [0.2, 0.25) is 25.2 Å². The van der Waals surface area contributed by atoms with E-state index in [0.29, 0.717) is 0 Å². The molecule has 0 aromatic carbocycles. The van der Waals surface area contributed by atoms with Gasteiger partial charge in [-0.2, -0.15) is 0 Å². The van der Waals surface area contributed by atoms with E-state index in [4.69, 9.17) is 5.11 Å². The molecule has 0 saturated heterocycles. The van der Waals surface area contributed by atoms with Gasteiger partial charge in [0.1, 0.15) is 0 Å². The van der Waals surface area contributed by atoms with Crippen LogP contribution in [0.4, 0.5) is 0 Å². The van der Waals surface area contributed by atoms with E-state index in [0.717, 1.165) is 31.2 Å². The van der Waals surface area contributed by atoms with Crippen molar-refractivity contribution in [2.24, 2.45) is 5.92 Å². The molecule has 0 amide bonds. The second kappa shape index (κ2) is 6.57. The molecule has 2 fully saturated rings. The molecule has 2 aliphatic rings.